The van der Waals surface area contributed by atoms with Crippen LogP contribution in [-0.2, 0) is 25.1 Å². The molecule has 4 rings (SSSR count). The first-order valence-corrected chi connectivity index (χ1v) is 11.4. The van der Waals surface area contributed by atoms with Crippen molar-refractivity contribution in [3.8, 4) is 11.5 Å². The van der Waals surface area contributed by atoms with E-state index in [0.717, 1.165) is 30.7 Å². The molecule has 1 spiro atoms. The summed E-state index contributed by atoms with van der Waals surface area (Å²) in [5.41, 5.74) is -5.75. The van der Waals surface area contributed by atoms with E-state index in [-0.39, 0.29) is 29.0 Å². The second-order valence-corrected chi connectivity index (χ2v) is 10.4. The summed E-state index contributed by atoms with van der Waals surface area (Å²) in [6, 6.07) is 5.60. The van der Waals surface area contributed by atoms with Crippen molar-refractivity contribution in [1.29, 1.82) is 0 Å². The van der Waals surface area contributed by atoms with E-state index in [4.69, 9.17) is 14.2 Å². The maximum Gasteiger partial charge on any atom is 0.501 e. The number of ether oxygens (including phenoxy) is 3. The molecule has 0 amide bonds. The Kier molecular flexibility index (Phi) is 5.09. The highest BCUT2D eigenvalue weighted by Crippen LogP contribution is 2.58. The topological polar surface area (TPSA) is 61.8 Å². The van der Waals surface area contributed by atoms with Gasteiger partial charge < -0.3 is 14.2 Å². The molecule has 0 saturated carbocycles. The smallest absolute Gasteiger partial charge is 0.457 e. The Labute approximate surface area is 184 Å². The largest absolute Gasteiger partial charge is 0.501 e. The SMILES string of the molecule is O=S(=O)(c1ccc(Oc2cc(F)cc(Br)c2)c2c1C1(CC2Br)OC=CO1)C(F)(F)F. The zero-order valence-electron chi connectivity index (χ0n) is 14.5. The van der Waals surface area contributed by atoms with Crippen molar-refractivity contribution >= 4 is 41.7 Å². The van der Waals surface area contributed by atoms with Crippen LogP contribution in [-0.4, -0.2) is 13.9 Å². The van der Waals surface area contributed by atoms with E-state index in [0.29, 0.717) is 4.47 Å². The lowest BCUT2D eigenvalue weighted by molar-refractivity contribution is -0.149. The van der Waals surface area contributed by atoms with Crippen LogP contribution in [0.4, 0.5) is 17.6 Å². The number of hydrogen-bond donors (Lipinski definition) is 0. The van der Waals surface area contributed by atoms with Gasteiger partial charge in [0, 0.05) is 22.5 Å². The molecular formula is C18H10Br2F4O5S. The molecule has 1 aliphatic heterocycles. The van der Waals surface area contributed by atoms with Gasteiger partial charge in [0.25, 0.3) is 15.6 Å². The highest BCUT2D eigenvalue weighted by molar-refractivity contribution is 9.10. The maximum absolute atomic E-state index is 13.7. The molecule has 1 aliphatic carbocycles. The van der Waals surface area contributed by atoms with Crippen LogP contribution in [0.2, 0.25) is 0 Å². The molecular weight excluding hydrogens is 564 g/mol. The zero-order valence-corrected chi connectivity index (χ0v) is 18.5. The predicted molar refractivity (Wildman–Crippen MR) is 103 cm³/mol. The highest BCUT2D eigenvalue weighted by Gasteiger charge is 2.57. The second-order valence-electron chi connectivity index (χ2n) is 6.44. The normalized spacial score (nSPS) is 19.5. The summed E-state index contributed by atoms with van der Waals surface area (Å²) in [6.07, 6.45) is 2.22. The molecule has 2 aromatic rings. The first-order chi connectivity index (χ1) is 13.9. The van der Waals surface area contributed by atoms with Gasteiger partial charge in [0.05, 0.1) is 15.3 Å². The van der Waals surface area contributed by atoms with Gasteiger partial charge in [-0.25, -0.2) is 12.8 Å². The van der Waals surface area contributed by atoms with Crippen LogP contribution in [0.15, 0.2) is 52.2 Å². The van der Waals surface area contributed by atoms with E-state index < -0.39 is 36.7 Å². The third-order valence-electron chi connectivity index (χ3n) is 4.54. The number of alkyl halides is 4. The molecule has 0 fully saturated rings. The summed E-state index contributed by atoms with van der Waals surface area (Å²) in [6.45, 7) is 0. The monoisotopic (exact) mass is 572 g/mol. The summed E-state index contributed by atoms with van der Waals surface area (Å²) < 4.78 is 95.1. The van der Waals surface area contributed by atoms with E-state index >= 15 is 0 Å². The van der Waals surface area contributed by atoms with Crippen molar-refractivity contribution < 1.29 is 40.2 Å². The van der Waals surface area contributed by atoms with Gasteiger partial charge in [-0.2, -0.15) is 13.2 Å². The molecule has 2 aliphatic rings. The fourth-order valence-electron chi connectivity index (χ4n) is 3.39. The minimum Gasteiger partial charge on any atom is -0.457 e. The highest BCUT2D eigenvalue weighted by atomic mass is 79.9. The lowest BCUT2D eigenvalue weighted by Gasteiger charge is -2.26. The molecule has 1 atom stereocenters. The van der Waals surface area contributed by atoms with Crippen molar-refractivity contribution in [2.75, 3.05) is 0 Å². The number of benzene rings is 2. The Balaban J connectivity index is 1.93. The van der Waals surface area contributed by atoms with Gasteiger partial charge in [-0.1, -0.05) is 31.9 Å². The number of hydrogen-bond acceptors (Lipinski definition) is 5. The lowest BCUT2D eigenvalue weighted by atomic mass is 10.1. The van der Waals surface area contributed by atoms with Gasteiger partial charge in [0.15, 0.2) is 0 Å². The molecule has 160 valence electrons. The van der Waals surface area contributed by atoms with Crippen LogP contribution in [0.25, 0.3) is 0 Å². The maximum atomic E-state index is 13.7. The van der Waals surface area contributed by atoms with E-state index in [1.54, 1.807) is 0 Å². The average Bonchev–Trinajstić information content (AvgIpc) is 3.19. The molecule has 30 heavy (non-hydrogen) atoms. The molecule has 0 N–H and O–H groups in total. The molecule has 0 saturated heterocycles. The summed E-state index contributed by atoms with van der Waals surface area (Å²) in [5.74, 6) is -2.28. The fraction of sp³-hybridized carbons (Fsp3) is 0.222. The van der Waals surface area contributed by atoms with Crippen molar-refractivity contribution in [2.45, 2.75) is 27.4 Å². The number of rotatable bonds is 3. The summed E-state index contributed by atoms with van der Waals surface area (Å²) in [7, 11) is -5.72. The second kappa shape index (κ2) is 7.13. The molecule has 1 heterocycles. The van der Waals surface area contributed by atoms with Crippen molar-refractivity contribution in [1.82, 2.24) is 0 Å². The Morgan fingerprint density at radius 1 is 1.13 bits per heavy atom. The zero-order chi connectivity index (χ0) is 21.9. The fourth-order valence-corrected chi connectivity index (χ4v) is 5.75. The van der Waals surface area contributed by atoms with Gasteiger partial charge >= 0.3 is 5.51 Å². The minimum absolute atomic E-state index is 0.0249. The Bertz CT molecular complexity index is 1140. The third kappa shape index (κ3) is 3.38. The quantitative estimate of drug-likeness (QED) is 0.324. The lowest BCUT2D eigenvalue weighted by Crippen LogP contribution is -2.30. The predicted octanol–water partition coefficient (Wildman–Crippen LogP) is 6.18. The molecule has 0 radical (unpaired) electrons. The van der Waals surface area contributed by atoms with E-state index in [2.05, 4.69) is 31.9 Å². The number of sulfone groups is 1. The van der Waals surface area contributed by atoms with Gasteiger partial charge in [-0.05, 0) is 24.3 Å². The van der Waals surface area contributed by atoms with Crippen LogP contribution < -0.4 is 4.74 Å². The molecule has 2 aromatic carbocycles. The van der Waals surface area contributed by atoms with Crippen LogP contribution in [0.1, 0.15) is 22.4 Å². The van der Waals surface area contributed by atoms with E-state index in [1.165, 1.54) is 12.1 Å². The summed E-state index contributed by atoms with van der Waals surface area (Å²) in [5, 5.41) is 0. The van der Waals surface area contributed by atoms with Crippen molar-refractivity contribution in [3.05, 3.63) is 64.3 Å². The summed E-state index contributed by atoms with van der Waals surface area (Å²) in [4.78, 5) is -1.66. The standard InChI is InChI=1S/C18H10Br2F4O5S/c19-9-5-10(21)7-11(6-9)29-13-1-2-14(30(25,26)18(22,23)24)16-15(13)12(20)8-17(16)27-3-4-28-17/h1-7,12H,8H2. The molecule has 5 nitrogen and oxygen atoms in total. The van der Waals surface area contributed by atoms with Gasteiger partial charge in [-0.15, -0.1) is 0 Å². The summed E-state index contributed by atoms with van der Waals surface area (Å²) >= 11 is 6.47. The first kappa shape index (κ1) is 21.4. The van der Waals surface area contributed by atoms with Gasteiger partial charge in [-0.3, -0.25) is 0 Å². The number of halogens is 6. The molecule has 12 heteroatoms. The van der Waals surface area contributed by atoms with Crippen molar-refractivity contribution in [2.24, 2.45) is 0 Å². The number of fused-ring (bicyclic) bond motifs is 2. The Morgan fingerprint density at radius 2 is 1.80 bits per heavy atom. The Hall–Kier alpha value is -1.79. The van der Waals surface area contributed by atoms with Crippen LogP contribution in [0.5, 0.6) is 11.5 Å². The van der Waals surface area contributed by atoms with Crippen molar-refractivity contribution in [3.63, 3.8) is 0 Å². The average molecular weight is 574 g/mol. The molecule has 0 aromatic heterocycles. The first-order valence-electron chi connectivity index (χ1n) is 8.22. The van der Waals surface area contributed by atoms with E-state index in [1.807, 2.05) is 0 Å². The van der Waals surface area contributed by atoms with Crippen LogP contribution in [0.3, 0.4) is 0 Å². The molecule has 1 unspecified atom stereocenters. The van der Waals surface area contributed by atoms with E-state index in [9.17, 15) is 26.0 Å². The van der Waals surface area contributed by atoms with Crippen LogP contribution in [0, 0.1) is 5.82 Å². The minimum atomic E-state index is -5.72. The van der Waals surface area contributed by atoms with Gasteiger partial charge in [0.1, 0.15) is 29.8 Å². The Morgan fingerprint density at radius 3 is 2.40 bits per heavy atom. The van der Waals surface area contributed by atoms with Gasteiger partial charge in [0.2, 0.25) is 0 Å². The third-order valence-corrected chi connectivity index (χ3v) is 7.31. The van der Waals surface area contributed by atoms with Crippen LogP contribution >= 0.6 is 31.9 Å². The molecule has 0 bridgehead atoms.